The second-order valence-corrected chi connectivity index (χ2v) is 8.60. The largest absolute Gasteiger partial charge is 0.389 e. The van der Waals surface area contributed by atoms with Crippen molar-refractivity contribution in [2.24, 2.45) is 11.8 Å². The molecule has 2 amide bonds. The summed E-state index contributed by atoms with van der Waals surface area (Å²) in [5.74, 6) is -4.32. The molecule has 1 aliphatic carbocycles. The molecule has 3 aromatic rings. The maximum Gasteiger partial charge on any atom is 0.235 e. The summed E-state index contributed by atoms with van der Waals surface area (Å²) in [4.78, 5) is 40.0. The van der Waals surface area contributed by atoms with Crippen molar-refractivity contribution < 1.29 is 19.5 Å². The lowest BCUT2D eigenvalue weighted by molar-refractivity contribution is -0.150. The van der Waals surface area contributed by atoms with Crippen molar-refractivity contribution in [1.82, 2.24) is 0 Å². The van der Waals surface area contributed by atoms with Gasteiger partial charge in [0.05, 0.1) is 11.5 Å². The van der Waals surface area contributed by atoms with E-state index in [1.54, 1.807) is 72.8 Å². The van der Waals surface area contributed by atoms with Crippen LogP contribution in [0.1, 0.15) is 24.8 Å². The summed E-state index contributed by atoms with van der Waals surface area (Å²) in [6.07, 6.45) is -0.296. The maximum atomic E-state index is 13.5. The summed E-state index contributed by atoms with van der Waals surface area (Å²) in [5, 5.41) is 16.9. The fourth-order valence-electron chi connectivity index (χ4n) is 4.65. The lowest BCUT2D eigenvalue weighted by Crippen LogP contribution is -2.56. The van der Waals surface area contributed by atoms with Gasteiger partial charge >= 0.3 is 0 Å². The monoisotopic (exact) mass is 442 g/mol. The molecule has 0 aromatic heterocycles. The van der Waals surface area contributed by atoms with Crippen molar-refractivity contribution in [3.8, 4) is 0 Å². The number of hydrogen-bond acceptors (Lipinski definition) is 4. The van der Waals surface area contributed by atoms with E-state index in [4.69, 9.17) is 0 Å². The molecule has 1 fully saturated rings. The van der Waals surface area contributed by atoms with Gasteiger partial charge in [0.25, 0.3) is 0 Å². The van der Waals surface area contributed by atoms with Crippen LogP contribution in [0.15, 0.2) is 91.0 Å². The van der Waals surface area contributed by atoms with Gasteiger partial charge in [0.2, 0.25) is 11.8 Å². The SMILES string of the molecule is C[C@]1(O)CC(=O)[C@@H](C(=O)Nc2ccccc2)[C@@H](c2ccccc2)[C@@H]1C(=O)Nc1ccccc1. The van der Waals surface area contributed by atoms with Gasteiger partial charge in [-0.1, -0.05) is 66.7 Å². The molecule has 1 aliphatic rings. The average Bonchev–Trinajstić information content (AvgIpc) is 2.79. The molecule has 33 heavy (non-hydrogen) atoms. The maximum absolute atomic E-state index is 13.5. The van der Waals surface area contributed by atoms with Gasteiger partial charge in [-0.3, -0.25) is 14.4 Å². The second kappa shape index (κ2) is 9.38. The van der Waals surface area contributed by atoms with Crippen LogP contribution in [-0.4, -0.2) is 28.3 Å². The molecule has 3 N–H and O–H groups in total. The molecule has 0 aliphatic heterocycles. The minimum absolute atomic E-state index is 0.296. The van der Waals surface area contributed by atoms with E-state index < -0.39 is 41.0 Å². The molecule has 6 heteroatoms. The zero-order valence-electron chi connectivity index (χ0n) is 18.3. The van der Waals surface area contributed by atoms with Crippen molar-refractivity contribution in [3.63, 3.8) is 0 Å². The van der Waals surface area contributed by atoms with Gasteiger partial charge in [0.15, 0.2) is 0 Å². The standard InChI is InChI=1S/C27H26N2O4/c1-27(33)17-21(30)23(25(31)28-19-13-7-3-8-14-19)22(18-11-5-2-6-12-18)24(27)26(32)29-20-15-9-4-10-16-20/h2-16,22-24,33H,17H2,1H3,(H,28,31)(H,29,32)/t22-,23-,24-,27+/m1/s1. The molecule has 1 saturated carbocycles. The number of benzene rings is 3. The number of carbonyl (C=O) groups excluding carboxylic acids is 3. The summed E-state index contributed by atoms with van der Waals surface area (Å²) in [6.45, 7) is 1.49. The van der Waals surface area contributed by atoms with E-state index in [0.717, 1.165) is 0 Å². The van der Waals surface area contributed by atoms with Crippen LogP contribution >= 0.6 is 0 Å². The van der Waals surface area contributed by atoms with Gasteiger partial charge in [-0.05, 0) is 36.8 Å². The number of rotatable bonds is 5. The Morgan fingerprint density at radius 1 is 0.788 bits per heavy atom. The van der Waals surface area contributed by atoms with Crippen molar-refractivity contribution in [2.75, 3.05) is 10.6 Å². The lowest BCUT2D eigenvalue weighted by Gasteiger charge is -2.44. The highest BCUT2D eigenvalue weighted by atomic mass is 16.3. The Hall–Kier alpha value is -3.77. The van der Waals surface area contributed by atoms with E-state index in [9.17, 15) is 19.5 Å². The molecule has 0 saturated heterocycles. The van der Waals surface area contributed by atoms with E-state index in [1.807, 2.05) is 18.2 Å². The molecular formula is C27H26N2O4. The number of anilines is 2. The highest BCUT2D eigenvalue weighted by Crippen LogP contribution is 2.46. The fraction of sp³-hybridized carbons (Fsp3) is 0.222. The molecule has 0 heterocycles. The third kappa shape index (κ3) is 4.86. The van der Waals surface area contributed by atoms with Gasteiger partial charge in [-0.25, -0.2) is 0 Å². The van der Waals surface area contributed by atoms with Crippen molar-refractivity contribution in [1.29, 1.82) is 0 Å². The van der Waals surface area contributed by atoms with Crippen LogP contribution in [0.3, 0.4) is 0 Å². The van der Waals surface area contributed by atoms with Gasteiger partial charge in [-0.15, -0.1) is 0 Å². The molecule has 0 radical (unpaired) electrons. The Balaban J connectivity index is 1.74. The first kappa shape index (κ1) is 22.4. The summed E-state index contributed by atoms with van der Waals surface area (Å²) in [7, 11) is 0. The number of carbonyl (C=O) groups is 3. The van der Waals surface area contributed by atoms with Gasteiger partial charge in [-0.2, -0.15) is 0 Å². The Morgan fingerprint density at radius 2 is 1.24 bits per heavy atom. The molecule has 4 rings (SSSR count). The number of hydrogen-bond donors (Lipinski definition) is 3. The van der Waals surface area contributed by atoms with Crippen molar-refractivity contribution >= 4 is 29.0 Å². The van der Waals surface area contributed by atoms with E-state index >= 15 is 0 Å². The fourth-order valence-corrected chi connectivity index (χ4v) is 4.65. The van der Waals surface area contributed by atoms with Crippen LogP contribution in [0.4, 0.5) is 11.4 Å². The third-order valence-electron chi connectivity index (χ3n) is 6.10. The number of Topliss-reactive ketones (excluding diaryl/α,β-unsaturated/α-hetero) is 1. The van der Waals surface area contributed by atoms with Gasteiger partial charge in [0.1, 0.15) is 11.7 Å². The molecule has 168 valence electrons. The van der Waals surface area contributed by atoms with E-state index in [2.05, 4.69) is 10.6 Å². The highest BCUT2D eigenvalue weighted by Gasteiger charge is 2.55. The molecule has 0 spiro atoms. The van der Waals surface area contributed by atoms with E-state index in [0.29, 0.717) is 16.9 Å². The Bertz CT molecular complexity index is 1130. The zero-order valence-corrected chi connectivity index (χ0v) is 18.3. The first-order valence-corrected chi connectivity index (χ1v) is 10.9. The average molecular weight is 443 g/mol. The lowest BCUT2D eigenvalue weighted by atomic mass is 9.61. The first-order valence-electron chi connectivity index (χ1n) is 10.9. The molecule has 3 aromatic carbocycles. The smallest absolute Gasteiger partial charge is 0.235 e. The summed E-state index contributed by atoms with van der Waals surface area (Å²) in [6, 6.07) is 26.8. The molecular weight excluding hydrogens is 416 g/mol. The highest BCUT2D eigenvalue weighted by molar-refractivity contribution is 6.10. The second-order valence-electron chi connectivity index (χ2n) is 8.60. The number of ketones is 1. The van der Waals surface area contributed by atoms with Crippen LogP contribution < -0.4 is 10.6 Å². The first-order chi connectivity index (χ1) is 15.9. The van der Waals surface area contributed by atoms with Crippen LogP contribution in [0, 0.1) is 11.8 Å². The predicted molar refractivity (Wildman–Crippen MR) is 127 cm³/mol. The van der Waals surface area contributed by atoms with Gasteiger partial charge in [0, 0.05) is 23.7 Å². The van der Waals surface area contributed by atoms with E-state index in [-0.39, 0.29) is 6.42 Å². The predicted octanol–water partition coefficient (Wildman–Crippen LogP) is 4.00. The van der Waals surface area contributed by atoms with E-state index in [1.165, 1.54) is 6.92 Å². The summed E-state index contributed by atoms with van der Waals surface area (Å²) < 4.78 is 0. The third-order valence-corrected chi connectivity index (χ3v) is 6.10. The van der Waals surface area contributed by atoms with Crippen molar-refractivity contribution in [3.05, 3.63) is 96.6 Å². The molecule has 0 bridgehead atoms. The van der Waals surface area contributed by atoms with Crippen LogP contribution in [-0.2, 0) is 14.4 Å². The number of nitrogens with one attached hydrogen (secondary N) is 2. The Kier molecular flexibility index (Phi) is 6.38. The summed E-state index contributed by atoms with van der Waals surface area (Å²) in [5.41, 5.74) is 0.157. The topological polar surface area (TPSA) is 95.5 Å². The number of amides is 2. The quantitative estimate of drug-likeness (QED) is 0.521. The van der Waals surface area contributed by atoms with Crippen LogP contribution in [0.5, 0.6) is 0 Å². The Labute approximate surface area is 192 Å². The van der Waals surface area contributed by atoms with Crippen LogP contribution in [0.2, 0.25) is 0 Å². The van der Waals surface area contributed by atoms with Crippen LogP contribution in [0.25, 0.3) is 0 Å². The minimum Gasteiger partial charge on any atom is -0.389 e. The molecule has 6 nitrogen and oxygen atoms in total. The zero-order chi connectivity index (χ0) is 23.4. The Morgan fingerprint density at radius 3 is 1.76 bits per heavy atom. The minimum atomic E-state index is -1.63. The van der Waals surface area contributed by atoms with Gasteiger partial charge < -0.3 is 15.7 Å². The number of aliphatic hydroxyl groups is 1. The normalized spacial score (nSPS) is 24.7. The summed E-state index contributed by atoms with van der Waals surface area (Å²) >= 11 is 0. The van der Waals surface area contributed by atoms with Crippen molar-refractivity contribution in [2.45, 2.75) is 24.9 Å². The molecule has 0 unspecified atom stereocenters. The molecule has 4 atom stereocenters. The number of para-hydroxylation sites is 2.